The van der Waals surface area contributed by atoms with Crippen molar-refractivity contribution in [2.75, 3.05) is 23.3 Å². The summed E-state index contributed by atoms with van der Waals surface area (Å²) in [5, 5.41) is 2.81. The number of aryl methyl sites for hydroxylation is 2. The number of anilines is 2. The SMILES string of the molecule is C=CC(=O)Nc1c(C)cc2c(nc(N3CCCC(F)C3)n2C)c1Br. The highest BCUT2D eigenvalue weighted by Crippen LogP contribution is 2.36. The van der Waals surface area contributed by atoms with Crippen LogP contribution in [0.1, 0.15) is 18.4 Å². The lowest BCUT2D eigenvalue weighted by Gasteiger charge is -2.29. The lowest BCUT2D eigenvalue weighted by molar-refractivity contribution is -0.111. The molecule has 1 aromatic carbocycles. The number of hydrogen-bond acceptors (Lipinski definition) is 3. The van der Waals surface area contributed by atoms with Crippen molar-refractivity contribution in [3.8, 4) is 0 Å². The quantitative estimate of drug-likeness (QED) is 0.807. The summed E-state index contributed by atoms with van der Waals surface area (Å²) < 4.78 is 16.5. The Balaban J connectivity index is 2.08. The number of nitrogens with one attached hydrogen (secondary N) is 1. The van der Waals surface area contributed by atoms with Crippen LogP contribution in [0.15, 0.2) is 23.2 Å². The lowest BCUT2D eigenvalue weighted by Crippen LogP contribution is -2.37. The molecule has 5 nitrogen and oxygen atoms in total. The molecule has 24 heavy (non-hydrogen) atoms. The standard InChI is InChI=1S/C17H20BrFN4O/c1-4-13(24)20-15-10(2)8-12-16(14(15)18)21-17(22(12)3)23-7-5-6-11(19)9-23/h4,8,11H,1,5-7,9H2,2-3H3,(H,20,24). The van der Waals surface area contributed by atoms with Crippen molar-refractivity contribution in [3.05, 3.63) is 28.8 Å². The molecular weight excluding hydrogens is 375 g/mol. The van der Waals surface area contributed by atoms with Gasteiger partial charge in [-0.2, -0.15) is 0 Å². The Hall–Kier alpha value is -1.89. The Morgan fingerprint density at radius 1 is 1.58 bits per heavy atom. The summed E-state index contributed by atoms with van der Waals surface area (Å²) in [7, 11) is 1.93. The molecule has 7 heteroatoms. The van der Waals surface area contributed by atoms with Gasteiger partial charge in [0.05, 0.1) is 22.2 Å². The zero-order valence-electron chi connectivity index (χ0n) is 13.8. The summed E-state index contributed by atoms with van der Waals surface area (Å²) in [5.74, 6) is 0.477. The number of aromatic nitrogens is 2. The van der Waals surface area contributed by atoms with Gasteiger partial charge in [0, 0.05) is 13.6 Å². The first-order chi connectivity index (χ1) is 11.4. The molecule has 0 bridgehead atoms. The van der Waals surface area contributed by atoms with Crippen molar-refractivity contribution >= 4 is 44.5 Å². The molecule has 1 fully saturated rings. The van der Waals surface area contributed by atoms with Crippen LogP contribution >= 0.6 is 15.9 Å². The molecule has 0 aliphatic carbocycles. The van der Waals surface area contributed by atoms with Gasteiger partial charge in [0.15, 0.2) is 0 Å². The van der Waals surface area contributed by atoms with Gasteiger partial charge < -0.3 is 14.8 Å². The minimum Gasteiger partial charge on any atom is -0.339 e. The Labute approximate surface area is 148 Å². The summed E-state index contributed by atoms with van der Waals surface area (Å²) in [6.07, 6.45) is 1.85. The second kappa shape index (κ2) is 6.55. The molecule has 128 valence electrons. The van der Waals surface area contributed by atoms with Crippen molar-refractivity contribution in [1.29, 1.82) is 0 Å². The van der Waals surface area contributed by atoms with E-state index in [4.69, 9.17) is 4.98 Å². The number of amides is 1. The van der Waals surface area contributed by atoms with E-state index in [0.717, 1.165) is 40.0 Å². The first-order valence-electron chi connectivity index (χ1n) is 7.90. The summed E-state index contributed by atoms with van der Waals surface area (Å²) in [6.45, 7) is 6.57. The van der Waals surface area contributed by atoms with E-state index in [9.17, 15) is 9.18 Å². The average Bonchev–Trinajstić information content (AvgIpc) is 2.88. The second-order valence-corrected chi connectivity index (χ2v) is 6.89. The first-order valence-corrected chi connectivity index (χ1v) is 8.69. The van der Waals surface area contributed by atoms with Gasteiger partial charge in [-0.1, -0.05) is 6.58 Å². The fraction of sp³-hybridized carbons (Fsp3) is 0.412. The Kier molecular flexibility index (Phi) is 4.62. The Morgan fingerprint density at radius 3 is 3.00 bits per heavy atom. The van der Waals surface area contributed by atoms with E-state index in [1.54, 1.807) is 0 Å². The van der Waals surface area contributed by atoms with Crippen molar-refractivity contribution in [3.63, 3.8) is 0 Å². The van der Waals surface area contributed by atoms with Crippen LogP contribution in [0.2, 0.25) is 0 Å². The molecule has 2 heterocycles. The van der Waals surface area contributed by atoms with Crippen molar-refractivity contribution in [2.24, 2.45) is 7.05 Å². The third-order valence-corrected chi connectivity index (χ3v) is 5.14. The molecule has 1 amide bonds. The molecule has 1 saturated heterocycles. The monoisotopic (exact) mass is 394 g/mol. The maximum atomic E-state index is 13.8. The number of benzene rings is 1. The summed E-state index contributed by atoms with van der Waals surface area (Å²) in [6, 6.07) is 1.98. The molecule has 0 radical (unpaired) electrons. The number of piperidine rings is 1. The highest BCUT2D eigenvalue weighted by Gasteiger charge is 2.24. The summed E-state index contributed by atoms with van der Waals surface area (Å²) in [5.41, 5.74) is 3.28. The van der Waals surface area contributed by atoms with Crippen LogP contribution in [-0.2, 0) is 11.8 Å². The van der Waals surface area contributed by atoms with Crippen molar-refractivity contribution < 1.29 is 9.18 Å². The number of hydrogen-bond donors (Lipinski definition) is 1. The predicted octanol–water partition coefficient (Wildman–Crippen LogP) is 3.71. The van der Waals surface area contributed by atoms with E-state index < -0.39 is 6.17 Å². The fourth-order valence-corrected chi connectivity index (χ4v) is 3.82. The number of nitrogens with zero attached hydrogens (tertiary/aromatic N) is 3. The van der Waals surface area contributed by atoms with Crippen LogP contribution in [-0.4, -0.2) is 34.7 Å². The lowest BCUT2D eigenvalue weighted by atomic mass is 10.1. The number of halogens is 2. The van der Waals surface area contributed by atoms with Crippen LogP contribution in [0.4, 0.5) is 16.0 Å². The number of fused-ring (bicyclic) bond motifs is 1. The van der Waals surface area contributed by atoms with Gasteiger partial charge in [-0.25, -0.2) is 9.37 Å². The van der Waals surface area contributed by atoms with Crippen LogP contribution < -0.4 is 10.2 Å². The van der Waals surface area contributed by atoms with Gasteiger partial charge in [-0.3, -0.25) is 4.79 Å². The zero-order chi connectivity index (χ0) is 17.4. The second-order valence-electron chi connectivity index (χ2n) is 6.10. The molecule has 1 unspecified atom stereocenters. The Bertz CT molecular complexity index is 817. The largest absolute Gasteiger partial charge is 0.339 e. The summed E-state index contributed by atoms with van der Waals surface area (Å²) >= 11 is 3.56. The van der Waals surface area contributed by atoms with Crippen molar-refractivity contribution in [1.82, 2.24) is 9.55 Å². The van der Waals surface area contributed by atoms with Gasteiger partial charge >= 0.3 is 0 Å². The van der Waals surface area contributed by atoms with Crippen LogP contribution in [0.5, 0.6) is 0 Å². The molecule has 1 aliphatic rings. The van der Waals surface area contributed by atoms with Gasteiger partial charge in [0.1, 0.15) is 11.7 Å². The summed E-state index contributed by atoms with van der Waals surface area (Å²) in [4.78, 5) is 18.3. The normalized spacial score (nSPS) is 18.0. The minimum absolute atomic E-state index is 0.273. The molecule has 1 atom stereocenters. The fourth-order valence-electron chi connectivity index (χ4n) is 3.11. The third kappa shape index (κ3) is 2.92. The van der Waals surface area contributed by atoms with Crippen LogP contribution in [0.3, 0.4) is 0 Å². The number of imidazole rings is 1. The number of rotatable bonds is 3. The Morgan fingerprint density at radius 2 is 2.33 bits per heavy atom. The predicted molar refractivity (Wildman–Crippen MR) is 98.3 cm³/mol. The first kappa shape index (κ1) is 17.0. The van der Waals surface area contributed by atoms with Gasteiger partial charge in [-0.15, -0.1) is 0 Å². The molecule has 2 aromatic rings. The molecule has 1 aromatic heterocycles. The van der Waals surface area contributed by atoms with Gasteiger partial charge in [-0.05, 0) is 53.4 Å². The smallest absolute Gasteiger partial charge is 0.247 e. The molecule has 1 aliphatic heterocycles. The van der Waals surface area contributed by atoms with E-state index in [0.29, 0.717) is 18.7 Å². The van der Waals surface area contributed by atoms with E-state index in [2.05, 4.69) is 27.8 Å². The number of carbonyl (C=O) groups excluding carboxylic acids is 1. The van der Waals surface area contributed by atoms with Crippen LogP contribution in [0, 0.1) is 6.92 Å². The van der Waals surface area contributed by atoms with Crippen LogP contribution in [0.25, 0.3) is 11.0 Å². The van der Waals surface area contributed by atoms with E-state index in [-0.39, 0.29) is 5.91 Å². The van der Waals surface area contributed by atoms with E-state index >= 15 is 0 Å². The van der Waals surface area contributed by atoms with Crippen molar-refractivity contribution in [2.45, 2.75) is 25.9 Å². The maximum absolute atomic E-state index is 13.8. The highest BCUT2D eigenvalue weighted by molar-refractivity contribution is 9.10. The average molecular weight is 395 g/mol. The van der Waals surface area contributed by atoms with Gasteiger partial charge in [0.2, 0.25) is 11.9 Å². The third-order valence-electron chi connectivity index (χ3n) is 4.37. The molecule has 0 spiro atoms. The maximum Gasteiger partial charge on any atom is 0.247 e. The zero-order valence-corrected chi connectivity index (χ0v) is 15.4. The topological polar surface area (TPSA) is 50.2 Å². The number of carbonyl (C=O) groups is 1. The minimum atomic E-state index is -0.814. The molecule has 1 N–H and O–H groups in total. The van der Waals surface area contributed by atoms with E-state index in [1.165, 1.54) is 6.08 Å². The number of alkyl halides is 1. The molecule has 3 rings (SSSR count). The van der Waals surface area contributed by atoms with Gasteiger partial charge in [0.25, 0.3) is 0 Å². The highest BCUT2D eigenvalue weighted by atomic mass is 79.9. The molecular formula is C17H20BrFN4O. The molecule has 0 saturated carbocycles. The van der Waals surface area contributed by atoms with E-state index in [1.807, 2.05) is 29.5 Å².